The van der Waals surface area contributed by atoms with Gasteiger partial charge in [0.25, 0.3) is 0 Å². The van der Waals surface area contributed by atoms with Gasteiger partial charge in [-0.25, -0.2) is 0 Å². The SMILES string of the molecule is CNCC(=O)c1cc(C)c(O)c(Cl)c1. The highest BCUT2D eigenvalue weighted by molar-refractivity contribution is 6.32. The maximum Gasteiger partial charge on any atom is 0.176 e. The molecule has 76 valence electrons. The number of carbonyl (C=O) groups excluding carboxylic acids is 1. The summed E-state index contributed by atoms with van der Waals surface area (Å²) in [5.41, 5.74) is 1.12. The molecule has 4 heteroatoms. The Hall–Kier alpha value is -1.06. The minimum absolute atomic E-state index is 0.0349. The van der Waals surface area contributed by atoms with Gasteiger partial charge in [-0.2, -0.15) is 0 Å². The molecule has 0 unspecified atom stereocenters. The van der Waals surface area contributed by atoms with E-state index in [9.17, 15) is 9.90 Å². The van der Waals surface area contributed by atoms with E-state index in [-0.39, 0.29) is 23.1 Å². The van der Waals surface area contributed by atoms with E-state index in [1.165, 1.54) is 6.07 Å². The van der Waals surface area contributed by atoms with Crippen LogP contribution in [0.3, 0.4) is 0 Å². The van der Waals surface area contributed by atoms with E-state index in [0.717, 1.165) is 0 Å². The van der Waals surface area contributed by atoms with Crippen molar-refractivity contribution in [3.8, 4) is 5.75 Å². The van der Waals surface area contributed by atoms with Gasteiger partial charge in [0.05, 0.1) is 11.6 Å². The van der Waals surface area contributed by atoms with E-state index >= 15 is 0 Å². The minimum atomic E-state index is -0.0440. The molecule has 0 aliphatic heterocycles. The molecule has 1 aromatic rings. The highest BCUT2D eigenvalue weighted by atomic mass is 35.5. The Morgan fingerprint density at radius 1 is 1.57 bits per heavy atom. The van der Waals surface area contributed by atoms with E-state index in [1.54, 1.807) is 20.0 Å². The first-order valence-corrected chi connectivity index (χ1v) is 4.61. The molecule has 0 radical (unpaired) electrons. The van der Waals surface area contributed by atoms with Gasteiger partial charge in [0.2, 0.25) is 0 Å². The van der Waals surface area contributed by atoms with Crippen LogP contribution < -0.4 is 5.32 Å². The third-order valence-corrected chi connectivity index (χ3v) is 2.20. The van der Waals surface area contributed by atoms with Crippen molar-refractivity contribution in [3.63, 3.8) is 0 Å². The van der Waals surface area contributed by atoms with Gasteiger partial charge in [-0.3, -0.25) is 4.79 Å². The minimum Gasteiger partial charge on any atom is -0.506 e. The van der Waals surface area contributed by atoms with Crippen LogP contribution in [0, 0.1) is 6.92 Å². The smallest absolute Gasteiger partial charge is 0.176 e. The van der Waals surface area contributed by atoms with Crippen molar-refractivity contribution in [1.29, 1.82) is 0 Å². The van der Waals surface area contributed by atoms with Crippen LogP contribution in [0.15, 0.2) is 12.1 Å². The number of phenolic OH excluding ortho intramolecular Hbond substituents is 1. The molecular formula is C10H12ClNO2. The molecule has 0 aromatic heterocycles. The van der Waals surface area contributed by atoms with Crippen molar-refractivity contribution in [2.45, 2.75) is 6.92 Å². The zero-order valence-electron chi connectivity index (χ0n) is 8.10. The predicted molar refractivity (Wildman–Crippen MR) is 56.1 cm³/mol. The van der Waals surface area contributed by atoms with Crippen molar-refractivity contribution < 1.29 is 9.90 Å². The van der Waals surface area contributed by atoms with Crippen LogP contribution in [0.2, 0.25) is 5.02 Å². The molecule has 14 heavy (non-hydrogen) atoms. The molecule has 0 heterocycles. The molecule has 2 N–H and O–H groups in total. The fourth-order valence-electron chi connectivity index (χ4n) is 1.16. The standard InChI is InChI=1S/C10H12ClNO2/c1-6-3-7(9(13)5-12-2)4-8(11)10(6)14/h3-4,12,14H,5H2,1-2H3. The summed E-state index contributed by atoms with van der Waals surface area (Å²) in [4.78, 5) is 11.5. The van der Waals surface area contributed by atoms with E-state index in [2.05, 4.69) is 5.32 Å². The number of halogens is 1. The first kappa shape index (κ1) is 11.0. The average molecular weight is 214 g/mol. The zero-order valence-corrected chi connectivity index (χ0v) is 8.85. The van der Waals surface area contributed by atoms with Gasteiger partial charge in [0.1, 0.15) is 5.75 Å². The third kappa shape index (κ3) is 2.25. The van der Waals surface area contributed by atoms with Gasteiger partial charge in [-0.1, -0.05) is 11.6 Å². The number of aromatic hydroxyl groups is 1. The summed E-state index contributed by atoms with van der Waals surface area (Å²) < 4.78 is 0. The molecule has 0 saturated carbocycles. The van der Waals surface area contributed by atoms with Crippen LogP contribution in [0.5, 0.6) is 5.75 Å². The van der Waals surface area contributed by atoms with E-state index in [1.807, 2.05) is 0 Å². The van der Waals surface area contributed by atoms with Crippen LogP contribution in [0.4, 0.5) is 0 Å². The van der Waals surface area contributed by atoms with E-state index in [4.69, 9.17) is 11.6 Å². The van der Waals surface area contributed by atoms with Gasteiger partial charge >= 0.3 is 0 Å². The Kier molecular flexibility index (Phi) is 3.49. The molecule has 1 aromatic carbocycles. The molecule has 0 spiro atoms. The summed E-state index contributed by atoms with van der Waals surface area (Å²) >= 11 is 5.74. The van der Waals surface area contributed by atoms with Crippen molar-refractivity contribution in [1.82, 2.24) is 5.32 Å². The van der Waals surface area contributed by atoms with Crippen LogP contribution >= 0.6 is 11.6 Å². The largest absolute Gasteiger partial charge is 0.506 e. The molecule has 0 atom stereocenters. The van der Waals surface area contributed by atoms with Gasteiger partial charge in [-0.05, 0) is 31.7 Å². The predicted octanol–water partition coefficient (Wildman–Crippen LogP) is 1.76. The number of aryl methyl sites for hydroxylation is 1. The second kappa shape index (κ2) is 4.44. The number of carbonyl (C=O) groups is 1. The number of rotatable bonds is 3. The summed E-state index contributed by atoms with van der Waals surface area (Å²) in [6.45, 7) is 1.97. The lowest BCUT2D eigenvalue weighted by molar-refractivity contribution is 0.0993. The Labute approximate surface area is 87.7 Å². The summed E-state index contributed by atoms with van der Waals surface area (Å²) in [5.74, 6) is -0.00910. The Balaban J connectivity index is 3.06. The fraction of sp³-hybridized carbons (Fsp3) is 0.300. The van der Waals surface area contributed by atoms with Crippen molar-refractivity contribution in [2.24, 2.45) is 0 Å². The van der Waals surface area contributed by atoms with Crippen LogP contribution in [-0.4, -0.2) is 24.5 Å². The molecule has 0 fully saturated rings. The fourth-order valence-corrected chi connectivity index (χ4v) is 1.43. The summed E-state index contributed by atoms with van der Waals surface area (Å²) in [6.07, 6.45) is 0. The van der Waals surface area contributed by atoms with Crippen LogP contribution in [0.1, 0.15) is 15.9 Å². The second-order valence-corrected chi connectivity index (χ2v) is 3.48. The number of benzene rings is 1. The first-order valence-electron chi connectivity index (χ1n) is 4.23. The molecule has 0 bridgehead atoms. The van der Waals surface area contributed by atoms with Crippen molar-refractivity contribution in [3.05, 3.63) is 28.3 Å². The number of hydrogen-bond donors (Lipinski definition) is 2. The number of likely N-dealkylation sites (N-methyl/N-ethyl adjacent to an activating group) is 1. The molecule has 0 aliphatic rings. The summed E-state index contributed by atoms with van der Waals surface area (Å²) in [5, 5.41) is 12.4. The van der Waals surface area contributed by atoms with Crippen LogP contribution in [-0.2, 0) is 0 Å². The topological polar surface area (TPSA) is 49.3 Å². The molecule has 1 rings (SSSR count). The zero-order chi connectivity index (χ0) is 10.7. The molecule has 0 saturated heterocycles. The third-order valence-electron chi connectivity index (χ3n) is 1.91. The molecule has 3 nitrogen and oxygen atoms in total. The maximum atomic E-state index is 11.5. The molecule has 0 aliphatic carbocycles. The Morgan fingerprint density at radius 2 is 2.21 bits per heavy atom. The van der Waals surface area contributed by atoms with Crippen molar-refractivity contribution >= 4 is 17.4 Å². The van der Waals surface area contributed by atoms with Crippen LogP contribution in [0.25, 0.3) is 0 Å². The lowest BCUT2D eigenvalue weighted by Crippen LogP contribution is -2.18. The maximum absolute atomic E-state index is 11.5. The number of Topliss-reactive ketones (excluding diaryl/α,β-unsaturated/α-hetero) is 1. The monoisotopic (exact) mass is 213 g/mol. The van der Waals surface area contributed by atoms with Gasteiger partial charge in [0.15, 0.2) is 5.78 Å². The van der Waals surface area contributed by atoms with E-state index in [0.29, 0.717) is 11.1 Å². The molecule has 0 amide bonds. The first-order chi connectivity index (χ1) is 6.56. The lowest BCUT2D eigenvalue weighted by Gasteiger charge is -2.05. The molecular weight excluding hydrogens is 202 g/mol. The highest BCUT2D eigenvalue weighted by Crippen LogP contribution is 2.28. The number of hydrogen-bond acceptors (Lipinski definition) is 3. The second-order valence-electron chi connectivity index (χ2n) is 3.08. The average Bonchev–Trinajstić information content (AvgIpc) is 2.13. The van der Waals surface area contributed by atoms with Gasteiger partial charge in [0, 0.05) is 5.56 Å². The highest BCUT2D eigenvalue weighted by Gasteiger charge is 2.10. The van der Waals surface area contributed by atoms with E-state index < -0.39 is 0 Å². The normalized spacial score (nSPS) is 10.2. The quantitative estimate of drug-likeness (QED) is 0.753. The Bertz CT molecular complexity index is 340. The number of nitrogens with one attached hydrogen (secondary N) is 1. The number of ketones is 1. The summed E-state index contributed by atoms with van der Waals surface area (Å²) in [7, 11) is 1.70. The summed E-state index contributed by atoms with van der Waals surface area (Å²) in [6, 6.07) is 3.10. The number of phenols is 1. The van der Waals surface area contributed by atoms with Crippen molar-refractivity contribution in [2.75, 3.05) is 13.6 Å². The Morgan fingerprint density at radius 3 is 2.71 bits per heavy atom. The van der Waals surface area contributed by atoms with Gasteiger partial charge in [-0.15, -0.1) is 0 Å². The lowest BCUT2D eigenvalue weighted by atomic mass is 10.1. The van der Waals surface area contributed by atoms with Gasteiger partial charge < -0.3 is 10.4 Å².